The third-order valence-corrected chi connectivity index (χ3v) is 4.34. The zero-order valence-electron chi connectivity index (χ0n) is 11.2. The standard InChI is InChI=1S/C17H13N3S/c1-4-13-8-11-21-17(13)16(7-1)19-14-5-2-6-15(12-14)20-10-3-9-18-20/h1-12,19H. The Morgan fingerprint density at radius 2 is 1.95 bits per heavy atom. The lowest BCUT2D eigenvalue weighted by Gasteiger charge is -2.09. The van der Waals surface area contributed by atoms with Crippen molar-refractivity contribution in [2.75, 3.05) is 5.32 Å². The molecule has 1 N–H and O–H groups in total. The Labute approximate surface area is 126 Å². The van der Waals surface area contributed by atoms with E-state index >= 15 is 0 Å². The van der Waals surface area contributed by atoms with Gasteiger partial charge < -0.3 is 5.32 Å². The number of rotatable bonds is 3. The van der Waals surface area contributed by atoms with Crippen LogP contribution < -0.4 is 5.32 Å². The van der Waals surface area contributed by atoms with Crippen LogP contribution >= 0.6 is 11.3 Å². The van der Waals surface area contributed by atoms with Crippen molar-refractivity contribution in [2.24, 2.45) is 0 Å². The number of fused-ring (bicyclic) bond motifs is 1. The highest BCUT2D eigenvalue weighted by Gasteiger charge is 2.03. The Morgan fingerprint density at radius 1 is 1.00 bits per heavy atom. The van der Waals surface area contributed by atoms with Gasteiger partial charge in [0.2, 0.25) is 0 Å². The third-order valence-electron chi connectivity index (χ3n) is 3.37. The number of nitrogens with zero attached hydrogens (tertiary/aromatic N) is 2. The zero-order valence-corrected chi connectivity index (χ0v) is 12.0. The molecule has 0 spiro atoms. The quantitative estimate of drug-likeness (QED) is 0.586. The first kappa shape index (κ1) is 12.2. The van der Waals surface area contributed by atoms with E-state index in [1.54, 1.807) is 17.5 Å². The predicted molar refractivity (Wildman–Crippen MR) is 88.7 cm³/mol. The lowest BCUT2D eigenvalue weighted by Crippen LogP contribution is -1.96. The Kier molecular flexibility index (Phi) is 2.94. The van der Waals surface area contributed by atoms with E-state index in [1.165, 1.54) is 10.1 Å². The van der Waals surface area contributed by atoms with Gasteiger partial charge in [-0.15, -0.1) is 11.3 Å². The van der Waals surface area contributed by atoms with Crippen molar-refractivity contribution < 1.29 is 0 Å². The van der Waals surface area contributed by atoms with E-state index in [0.29, 0.717) is 0 Å². The zero-order chi connectivity index (χ0) is 14.1. The highest BCUT2D eigenvalue weighted by Crippen LogP contribution is 2.31. The van der Waals surface area contributed by atoms with Gasteiger partial charge in [-0.3, -0.25) is 0 Å². The summed E-state index contributed by atoms with van der Waals surface area (Å²) in [6, 6.07) is 18.6. The third kappa shape index (κ3) is 2.30. The van der Waals surface area contributed by atoms with Crippen LogP contribution in [0.25, 0.3) is 15.8 Å². The monoisotopic (exact) mass is 291 g/mol. The molecule has 0 aliphatic rings. The van der Waals surface area contributed by atoms with Gasteiger partial charge >= 0.3 is 0 Å². The fourth-order valence-electron chi connectivity index (χ4n) is 2.39. The van der Waals surface area contributed by atoms with Gasteiger partial charge in [-0.05, 0) is 47.2 Å². The van der Waals surface area contributed by atoms with E-state index in [4.69, 9.17) is 0 Å². The minimum absolute atomic E-state index is 1.04. The normalized spacial score (nSPS) is 10.9. The maximum atomic E-state index is 4.27. The summed E-state index contributed by atoms with van der Waals surface area (Å²) in [7, 11) is 0. The molecule has 0 aliphatic carbocycles. The van der Waals surface area contributed by atoms with Crippen LogP contribution in [0.1, 0.15) is 0 Å². The number of nitrogens with one attached hydrogen (secondary N) is 1. The molecular formula is C17H13N3S. The Hall–Kier alpha value is -2.59. The second-order valence-corrected chi connectivity index (χ2v) is 5.69. The van der Waals surface area contributed by atoms with Gasteiger partial charge in [0.05, 0.1) is 16.1 Å². The van der Waals surface area contributed by atoms with Gasteiger partial charge in [-0.1, -0.05) is 18.2 Å². The summed E-state index contributed by atoms with van der Waals surface area (Å²) in [5.74, 6) is 0. The Morgan fingerprint density at radius 3 is 2.86 bits per heavy atom. The second-order valence-electron chi connectivity index (χ2n) is 4.77. The smallest absolute Gasteiger partial charge is 0.0666 e. The molecule has 0 aliphatic heterocycles. The van der Waals surface area contributed by atoms with E-state index in [0.717, 1.165) is 17.1 Å². The van der Waals surface area contributed by atoms with Gasteiger partial charge in [0.1, 0.15) is 0 Å². The van der Waals surface area contributed by atoms with Crippen LogP contribution in [-0.2, 0) is 0 Å². The van der Waals surface area contributed by atoms with Crippen LogP contribution in [0.5, 0.6) is 0 Å². The molecule has 4 rings (SSSR count). The molecule has 0 saturated carbocycles. The maximum absolute atomic E-state index is 4.27. The van der Waals surface area contributed by atoms with Crippen LogP contribution in [0.15, 0.2) is 72.4 Å². The van der Waals surface area contributed by atoms with Gasteiger partial charge in [0.15, 0.2) is 0 Å². The minimum Gasteiger partial charge on any atom is -0.354 e. The molecule has 3 nitrogen and oxygen atoms in total. The first-order chi connectivity index (χ1) is 10.4. The molecule has 0 amide bonds. The molecule has 21 heavy (non-hydrogen) atoms. The lowest BCUT2D eigenvalue weighted by atomic mass is 10.2. The molecule has 0 fully saturated rings. The molecule has 2 aromatic heterocycles. The van der Waals surface area contributed by atoms with E-state index < -0.39 is 0 Å². The first-order valence-electron chi connectivity index (χ1n) is 6.73. The molecule has 0 radical (unpaired) electrons. The van der Waals surface area contributed by atoms with Crippen molar-refractivity contribution in [3.63, 3.8) is 0 Å². The molecule has 4 heteroatoms. The van der Waals surface area contributed by atoms with Crippen molar-refractivity contribution in [1.29, 1.82) is 0 Å². The summed E-state index contributed by atoms with van der Waals surface area (Å²) in [5.41, 5.74) is 3.24. The van der Waals surface area contributed by atoms with E-state index in [2.05, 4.69) is 52.2 Å². The minimum atomic E-state index is 1.04. The summed E-state index contributed by atoms with van der Waals surface area (Å²) in [5, 5.41) is 11.2. The molecule has 0 saturated heterocycles. The SMILES string of the molecule is c1cc(Nc2cccc3ccsc23)cc(-n2cccn2)c1. The molecule has 0 atom stereocenters. The average Bonchev–Trinajstić information content (AvgIpc) is 3.20. The summed E-state index contributed by atoms with van der Waals surface area (Å²) in [6.45, 7) is 0. The highest BCUT2D eigenvalue weighted by atomic mass is 32.1. The van der Waals surface area contributed by atoms with Crippen LogP contribution in [0.3, 0.4) is 0 Å². The van der Waals surface area contributed by atoms with Crippen LogP contribution in [0.4, 0.5) is 11.4 Å². The molecule has 0 unspecified atom stereocenters. The van der Waals surface area contributed by atoms with Crippen molar-refractivity contribution in [3.8, 4) is 5.69 Å². The summed E-state index contributed by atoms with van der Waals surface area (Å²) in [4.78, 5) is 0. The number of aromatic nitrogens is 2. The van der Waals surface area contributed by atoms with Gasteiger partial charge in [-0.25, -0.2) is 4.68 Å². The summed E-state index contributed by atoms with van der Waals surface area (Å²) >= 11 is 1.76. The van der Waals surface area contributed by atoms with Crippen molar-refractivity contribution in [1.82, 2.24) is 9.78 Å². The average molecular weight is 291 g/mol. The van der Waals surface area contributed by atoms with Crippen LogP contribution in [0, 0.1) is 0 Å². The maximum Gasteiger partial charge on any atom is 0.0666 e. The number of benzene rings is 2. The Bertz CT molecular complexity index is 878. The van der Waals surface area contributed by atoms with Gasteiger partial charge in [0.25, 0.3) is 0 Å². The van der Waals surface area contributed by atoms with Crippen molar-refractivity contribution in [2.45, 2.75) is 0 Å². The number of thiophene rings is 1. The van der Waals surface area contributed by atoms with E-state index in [1.807, 2.05) is 29.1 Å². The van der Waals surface area contributed by atoms with Crippen molar-refractivity contribution >= 4 is 32.8 Å². The molecular weight excluding hydrogens is 278 g/mol. The van der Waals surface area contributed by atoms with E-state index in [-0.39, 0.29) is 0 Å². The van der Waals surface area contributed by atoms with Gasteiger partial charge in [-0.2, -0.15) is 5.10 Å². The molecule has 2 aromatic carbocycles. The highest BCUT2D eigenvalue weighted by molar-refractivity contribution is 7.17. The Balaban J connectivity index is 1.71. The second kappa shape index (κ2) is 5.07. The summed E-state index contributed by atoms with van der Waals surface area (Å²) < 4.78 is 3.14. The predicted octanol–water partition coefficient (Wildman–Crippen LogP) is 4.83. The fraction of sp³-hybridized carbons (Fsp3) is 0. The number of anilines is 2. The van der Waals surface area contributed by atoms with Gasteiger partial charge in [0, 0.05) is 18.1 Å². The molecule has 4 aromatic rings. The molecule has 102 valence electrons. The largest absolute Gasteiger partial charge is 0.354 e. The van der Waals surface area contributed by atoms with Crippen LogP contribution in [-0.4, -0.2) is 9.78 Å². The first-order valence-corrected chi connectivity index (χ1v) is 7.61. The molecule has 0 bridgehead atoms. The van der Waals surface area contributed by atoms with E-state index in [9.17, 15) is 0 Å². The van der Waals surface area contributed by atoms with Crippen LogP contribution in [0.2, 0.25) is 0 Å². The molecule has 2 heterocycles. The lowest BCUT2D eigenvalue weighted by molar-refractivity contribution is 0.881. The summed E-state index contributed by atoms with van der Waals surface area (Å²) in [6.07, 6.45) is 3.73. The fourth-order valence-corrected chi connectivity index (χ4v) is 3.26. The van der Waals surface area contributed by atoms with Crippen molar-refractivity contribution in [3.05, 3.63) is 72.4 Å². The topological polar surface area (TPSA) is 29.9 Å². The number of hydrogen-bond acceptors (Lipinski definition) is 3. The number of hydrogen-bond donors (Lipinski definition) is 1.